The van der Waals surface area contributed by atoms with Gasteiger partial charge in [0.1, 0.15) is 0 Å². The molecular formula is C33H38N6O3. The van der Waals surface area contributed by atoms with Gasteiger partial charge < -0.3 is 19.1 Å². The van der Waals surface area contributed by atoms with Gasteiger partial charge in [-0.1, -0.05) is 41.6 Å². The number of piperidine rings is 1. The quantitative estimate of drug-likeness (QED) is 0.302. The fourth-order valence-corrected chi connectivity index (χ4v) is 6.09. The number of rotatable bonds is 8. The van der Waals surface area contributed by atoms with Crippen molar-refractivity contribution in [2.75, 3.05) is 45.2 Å². The highest BCUT2D eigenvalue weighted by Crippen LogP contribution is 2.37. The van der Waals surface area contributed by atoms with Crippen molar-refractivity contribution >= 4 is 34.0 Å². The van der Waals surface area contributed by atoms with Crippen molar-refractivity contribution in [1.29, 1.82) is 0 Å². The van der Waals surface area contributed by atoms with Gasteiger partial charge in [0.25, 0.3) is 5.91 Å². The molecule has 0 spiro atoms. The van der Waals surface area contributed by atoms with Crippen LogP contribution in [0.3, 0.4) is 0 Å². The summed E-state index contributed by atoms with van der Waals surface area (Å²) in [7, 11) is 3.47. The first-order chi connectivity index (χ1) is 20.4. The van der Waals surface area contributed by atoms with E-state index in [2.05, 4.69) is 63.8 Å². The van der Waals surface area contributed by atoms with E-state index in [1.165, 1.54) is 5.56 Å². The summed E-state index contributed by atoms with van der Waals surface area (Å²) in [6.45, 7) is 3.64. The molecule has 0 N–H and O–H groups in total. The minimum Gasteiger partial charge on any atom is -0.449 e. The molecule has 2 amide bonds. The Hall–Kier alpha value is -4.40. The maximum atomic E-state index is 13.1. The average Bonchev–Trinajstić information content (AvgIpc) is 3.70. The molecule has 2 aliphatic heterocycles. The summed E-state index contributed by atoms with van der Waals surface area (Å²) in [5, 5.41) is 8.71. The van der Waals surface area contributed by atoms with Crippen LogP contribution < -0.4 is 4.90 Å². The van der Waals surface area contributed by atoms with Crippen molar-refractivity contribution in [2.24, 2.45) is 5.92 Å². The Labute approximate surface area is 246 Å². The number of furan rings is 1. The van der Waals surface area contributed by atoms with Crippen LogP contribution in [0, 0.1) is 5.92 Å². The maximum absolute atomic E-state index is 13.1. The van der Waals surface area contributed by atoms with Gasteiger partial charge in [0.2, 0.25) is 5.91 Å². The number of amides is 2. The normalized spacial score (nSPS) is 16.1. The molecule has 42 heavy (non-hydrogen) atoms. The van der Waals surface area contributed by atoms with Crippen LogP contribution in [0.15, 0.2) is 71.4 Å². The van der Waals surface area contributed by atoms with Crippen LogP contribution >= 0.6 is 0 Å². The number of benzene rings is 2. The molecule has 0 radical (unpaired) electrons. The third-order valence-corrected chi connectivity index (χ3v) is 8.44. The van der Waals surface area contributed by atoms with E-state index < -0.39 is 0 Å². The predicted octanol–water partition coefficient (Wildman–Crippen LogP) is 4.89. The van der Waals surface area contributed by atoms with Gasteiger partial charge in [-0.2, -0.15) is 0 Å². The van der Waals surface area contributed by atoms with Crippen molar-refractivity contribution in [3.8, 4) is 0 Å². The molecule has 0 bridgehead atoms. The summed E-state index contributed by atoms with van der Waals surface area (Å²) in [5.74, 6) is 0.944. The fourth-order valence-electron chi connectivity index (χ4n) is 6.09. The van der Waals surface area contributed by atoms with E-state index in [1.54, 1.807) is 36.1 Å². The average molecular weight is 567 g/mol. The molecule has 4 heterocycles. The molecular weight excluding hydrogens is 528 g/mol. The molecule has 0 aliphatic carbocycles. The largest absolute Gasteiger partial charge is 0.449 e. The molecule has 0 saturated carbocycles. The molecule has 0 atom stereocenters. The zero-order chi connectivity index (χ0) is 29.1. The van der Waals surface area contributed by atoms with E-state index in [1.807, 2.05) is 11.0 Å². The lowest BCUT2D eigenvalue weighted by Crippen LogP contribution is -2.36. The highest BCUT2D eigenvalue weighted by molar-refractivity contribution is 6.00. The molecule has 2 aliphatic rings. The summed E-state index contributed by atoms with van der Waals surface area (Å²) in [6.07, 6.45) is 10.1. The lowest BCUT2D eigenvalue weighted by Gasteiger charge is -2.34. The van der Waals surface area contributed by atoms with Crippen LogP contribution in [-0.4, -0.2) is 76.9 Å². The molecule has 4 aromatic rings. The number of aryl methyl sites for hydroxylation is 1. The Morgan fingerprint density at radius 3 is 2.60 bits per heavy atom. The van der Waals surface area contributed by atoms with E-state index in [0.717, 1.165) is 66.6 Å². The summed E-state index contributed by atoms with van der Waals surface area (Å²) in [4.78, 5) is 31.8. The van der Waals surface area contributed by atoms with Gasteiger partial charge in [-0.3, -0.25) is 14.3 Å². The Kier molecular flexibility index (Phi) is 8.08. The van der Waals surface area contributed by atoms with Gasteiger partial charge in [0.05, 0.1) is 18.4 Å². The zero-order valence-corrected chi connectivity index (χ0v) is 24.4. The van der Waals surface area contributed by atoms with Gasteiger partial charge in [0, 0.05) is 58.3 Å². The SMILES string of the molecule is CN(C)C(=O)c1cc2cc(C3=CCCN(C(=O)CCn4ccnn4)C3)cc(N3CCC(Cc4ccccc4)CC3)c2o1. The van der Waals surface area contributed by atoms with Crippen LogP contribution in [0.5, 0.6) is 0 Å². The number of carbonyl (C=O) groups excluding carboxylic acids is 2. The van der Waals surface area contributed by atoms with Gasteiger partial charge in [-0.15, -0.1) is 5.10 Å². The van der Waals surface area contributed by atoms with Crippen molar-refractivity contribution < 1.29 is 14.0 Å². The third kappa shape index (κ3) is 6.10. The molecule has 0 unspecified atom stereocenters. The molecule has 6 rings (SSSR count). The second kappa shape index (κ2) is 12.2. The Morgan fingerprint density at radius 2 is 1.86 bits per heavy atom. The summed E-state index contributed by atoms with van der Waals surface area (Å²) in [6, 6.07) is 16.9. The second-order valence-electron chi connectivity index (χ2n) is 11.6. The van der Waals surface area contributed by atoms with Gasteiger partial charge in [-0.05, 0) is 66.5 Å². The van der Waals surface area contributed by atoms with Crippen molar-refractivity contribution in [3.63, 3.8) is 0 Å². The van der Waals surface area contributed by atoms with Crippen LogP contribution in [-0.2, 0) is 17.8 Å². The van der Waals surface area contributed by atoms with Crippen molar-refractivity contribution in [1.82, 2.24) is 24.8 Å². The summed E-state index contributed by atoms with van der Waals surface area (Å²) < 4.78 is 7.92. The van der Waals surface area contributed by atoms with E-state index in [4.69, 9.17) is 4.42 Å². The number of hydrogen-bond donors (Lipinski definition) is 0. The molecule has 2 aromatic carbocycles. The van der Waals surface area contributed by atoms with Gasteiger partial charge in [-0.25, -0.2) is 0 Å². The Balaban J connectivity index is 1.24. The molecule has 2 aromatic heterocycles. The first-order valence-corrected chi connectivity index (χ1v) is 14.8. The van der Waals surface area contributed by atoms with E-state index in [9.17, 15) is 9.59 Å². The maximum Gasteiger partial charge on any atom is 0.289 e. The Bertz CT molecular complexity index is 1570. The predicted molar refractivity (Wildman–Crippen MR) is 163 cm³/mol. The topological polar surface area (TPSA) is 87.7 Å². The molecule has 1 fully saturated rings. The minimum atomic E-state index is -0.152. The summed E-state index contributed by atoms with van der Waals surface area (Å²) >= 11 is 0. The number of anilines is 1. The molecule has 9 nitrogen and oxygen atoms in total. The second-order valence-corrected chi connectivity index (χ2v) is 11.6. The third-order valence-electron chi connectivity index (χ3n) is 8.44. The van der Waals surface area contributed by atoms with Crippen molar-refractivity contribution in [2.45, 2.75) is 38.6 Å². The minimum absolute atomic E-state index is 0.111. The van der Waals surface area contributed by atoms with Gasteiger partial charge >= 0.3 is 0 Å². The lowest BCUT2D eigenvalue weighted by molar-refractivity contribution is -0.131. The molecule has 218 valence electrons. The standard InChI is InChI=1S/C33H38N6O3/c1-36(2)33(41)30-22-28-20-27(26-9-6-14-38(23-26)31(40)12-17-39-18-13-34-35-39)21-29(32(28)42-30)37-15-10-25(11-16-37)19-24-7-4-3-5-8-24/h3-5,7-9,13,18,20-22,25H,6,10-12,14-17,19,23H2,1-2H3. The Morgan fingerprint density at radius 1 is 1.05 bits per heavy atom. The number of fused-ring (bicyclic) bond motifs is 1. The number of aromatic nitrogens is 3. The smallest absolute Gasteiger partial charge is 0.289 e. The molecule has 1 saturated heterocycles. The highest BCUT2D eigenvalue weighted by Gasteiger charge is 2.26. The lowest BCUT2D eigenvalue weighted by atomic mass is 9.89. The van der Waals surface area contributed by atoms with E-state index in [-0.39, 0.29) is 11.8 Å². The number of carbonyl (C=O) groups is 2. The first-order valence-electron chi connectivity index (χ1n) is 14.8. The molecule has 9 heteroatoms. The van der Waals surface area contributed by atoms with E-state index in [0.29, 0.717) is 37.7 Å². The van der Waals surface area contributed by atoms with Crippen LogP contribution in [0.1, 0.15) is 47.4 Å². The van der Waals surface area contributed by atoms with Crippen LogP contribution in [0.2, 0.25) is 0 Å². The van der Waals surface area contributed by atoms with Crippen LogP contribution in [0.4, 0.5) is 5.69 Å². The number of hydrogen-bond acceptors (Lipinski definition) is 6. The first kappa shape index (κ1) is 27.8. The zero-order valence-electron chi connectivity index (χ0n) is 24.4. The monoisotopic (exact) mass is 566 g/mol. The van der Waals surface area contributed by atoms with E-state index >= 15 is 0 Å². The van der Waals surface area contributed by atoms with Crippen molar-refractivity contribution in [3.05, 3.63) is 83.9 Å². The van der Waals surface area contributed by atoms with Gasteiger partial charge in [0.15, 0.2) is 11.3 Å². The highest BCUT2D eigenvalue weighted by atomic mass is 16.3. The fraction of sp³-hybridized carbons (Fsp3) is 0.394. The van der Waals surface area contributed by atoms with Crippen LogP contribution in [0.25, 0.3) is 16.5 Å². The number of nitrogens with zero attached hydrogens (tertiary/aromatic N) is 6. The summed E-state index contributed by atoms with van der Waals surface area (Å²) in [5.41, 5.74) is 5.36.